The number of ether oxygens (including phenoxy) is 2. The molecule has 0 fully saturated rings. The molecule has 1 aromatic rings. The zero-order chi connectivity index (χ0) is 12.0. The minimum absolute atomic E-state index is 0.0299. The molecule has 1 rings (SSSR count). The molecule has 0 spiro atoms. The predicted molar refractivity (Wildman–Crippen MR) is 59.2 cm³/mol. The van der Waals surface area contributed by atoms with Crippen molar-refractivity contribution >= 4 is 12.1 Å². The quantitative estimate of drug-likeness (QED) is 0.419. The minimum atomic E-state index is -0.0299. The highest BCUT2D eigenvalue weighted by molar-refractivity contribution is 5.94. The number of hydrogen-bond acceptors (Lipinski definition) is 4. The standard InChI is InChI=1S/C12H14O4/c1-9(14)10-4-5-11(12(8-10)15-2)16-7-3-6-13/h4-6,8H,3,7H2,1-2H3. The van der Waals surface area contributed by atoms with Crippen LogP contribution in [0.1, 0.15) is 23.7 Å². The summed E-state index contributed by atoms with van der Waals surface area (Å²) in [4.78, 5) is 21.3. The molecule has 0 N–H and O–H groups in total. The van der Waals surface area contributed by atoms with Gasteiger partial charge in [-0.05, 0) is 25.1 Å². The highest BCUT2D eigenvalue weighted by atomic mass is 16.5. The second-order valence-electron chi connectivity index (χ2n) is 3.23. The van der Waals surface area contributed by atoms with Gasteiger partial charge >= 0.3 is 0 Å². The minimum Gasteiger partial charge on any atom is -0.493 e. The maximum absolute atomic E-state index is 11.1. The first-order valence-electron chi connectivity index (χ1n) is 4.94. The topological polar surface area (TPSA) is 52.6 Å². The third kappa shape index (κ3) is 3.08. The monoisotopic (exact) mass is 222 g/mol. The zero-order valence-electron chi connectivity index (χ0n) is 9.36. The van der Waals surface area contributed by atoms with Crippen LogP contribution >= 0.6 is 0 Å². The van der Waals surface area contributed by atoms with Crippen LogP contribution in [0.15, 0.2) is 18.2 Å². The van der Waals surface area contributed by atoms with Crippen LogP contribution in [0.3, 0.4) is 0 Å². The van der Waals surface area contributed by atoms with Gasteiger partial charge in [0.25, 0.3) is 0 Å². The van der Waals surface area contributed by atoms with Crippen LogP contribution in [-0.2, 0) is 4.79 Å². The number of Topliss-reactive ketones (excluding diaryl/α,β-unsaturated/α-hetero) is 1. The van der Waals surface area contributed by atoms with E-state index in [2.05, 4.69) is 0 Å². The van der Waals surface area contributed by atoms with Gasteiger partial charge < -0.3 is 14.3 Å². The van der Waals surface area contributed by atoms with Crippen molar-refractivity contribution in [2.45, 2.75) is 13.3 Å². The van der Waals surface area contributed by atoms with Crippen LogP contribution in [0.5, 0.6) is 11.5 Å². The fourth-order valence-electron chi connectivity index (χ4n) is 1.22. The average Bonchev–Trinajstić information content (AvgIpc) is 2.29. The first kappa shape index (κ1) is 12.2. The lowest BCUT2D eigenvalue weighted by Crippen LogP contribution is -2.01. The van der Waals surface area contributed by atoms with Crippen molar-refractivity contribution in [1.29, 1.82) is 0 Å². The zero-order valence-corrected chi connectivity index (χ0v) is 9.36. The lowest BCUT2D eigenvalue weighted by atomic mass is 10.1. The molecule has 0 amide bonds. The molecule has 0 aliphatic carbocycles. The molecule has 86 valence electrons. The average molecular weight is 222 g/mol. The molecule has 4 nitrogen and oxygen atoms in total. The molecule has 0 heterocycles. The molecule has 1 aromatic carbocycles. The van der Waals surface area contributed by atoms with E-state index in [-0.39, 0.29) is 5.78 Å². The lowest BCUT2D eigenvalue weighted by molar-refractivity contribution is -0.108. The van der Waals surface area contributed by atoms with Crippen LogP contribution in [0.25, 0.3) is 0 Å². The molecule has 0 bridgehead atoms. The van der Waals surface area contributed by atoms with Crippen LogP contribution < -0.4 is 9.47 Å². The number of hydrogen-bond donors (Lipinski definition) is 0. The van der Waals surface area contributed by atoms with E-state index >= 15 is 0 Å². The molecule has 0 saturated carbocycles. The van der Waals surface area contributed by atoms with Gasteiger partial charge in [0.2, 0.25) is 0 Å². The van der Waals surface area contributed by atoms with Crippen molar-refractivity contribution in [1.82, 2.24) is 0 Å². The molecule has 0 aliphatic rings. The Bertz CT molecular complexity index is 385. The van der Waals surface area contributed by atoms with Gasteiger partial charge in [0.1, 0.15) is 6.29 Å². The van der Waals surface area contributed by atoms with Crippen molar-refractivity contribution in [3.05, 3.63) is 23.8 Å². The summed E-state index contributed by atoms with van der Waals surface area (Å²) in [6.45, 7) is 1.79. The predicted octanol–water partition coefficient (Wildman–Crippen LogP) is 1.87. The maximum Gasteiger partial charge on any atom is 0.161 e. The van der Waals surface area contributed by atoms with E-state index in [1.807, 2.05) is 0 Å². The Hall–Kier alpha value is -1.84. The summed E-state index contributed by atoms with van der Waals surface area (Å²) < 4.78 is 10.4. The Morgan fingerprint density at radius 3 is 2.69 bits per heavy atom. The van der Waals surface area contributed by atoms with Crippen LogP contribution in [0, 0.1) is 0 Å². The van der Waals surface area contributed by atoms with E-state index in [0.717, 1.165) is 6.29 Å². The maximum atomic E-state index is 11.1. The number of carbonyl (C=O) groups excluding carboxylic acids is 2. The van der Waals surface area contributed by atoms with E-state index in [4.69, 9.17) is 9.47 Å². The molecule has 4 heteroatoms. The molecule has 0 saturated heterocycles. The number of ketones is 1. The van der Waals surface area contributed by atoms with E-state index in [0.29, 0.717) is 30.1 Å². The third-order valence-corrected chi connectivity index (χ3v) is 2.06. The molecule has 0 unspecified atom stereocenters. The van der Waals surface area contributed by atoms with Crippen molar-refractivity contribution < 1.29 is 19.1 Å². The number of methoxy groups -OCH3 is 1. The molecule has 16 heavy (non-hydrogen) atoms. The van der Waals surface area contributed by atoms with Crippen LogP contribution in [0.4, 0.5) is 0 Å². The van der Waals surface area contributed by atoms with Gasteiger partial charge in [-0.1, -0.05) is 0 Å². The Kier molecular flexibility index (Phi) is 4.51. The number of carbonyl (C=O) groups is 2. The SMILES string of the molecule is COc1cc(C(C)=O)ccc1OCCC=O. The van der Waals surface area contributed by atoms with Gasteiger partial charge in [0.05, 0.1) is 13.7 Å². The molecule has 0 atom stereocenters. The van der Waals surface area contributed by atoms with Gasteiger partial charge in [0.15, 0.2) is 17.3 Å². The molecule has 0 aliphatic heterocycles. The van der Waals surface area contributed by atoms with Crippen LogP contribution in [-0.4, -0.2) is 25.8 Å². The summed E-state index contributed by atoms with van der Waals surface area (Å²) in [6, 6.07) is 4.96. The summed E-state index contributed by atoms with van der Waals surface area (Å²) in [5.41, 5.74) is 0.569. The van der Waals surface area contributed by atoms with Crippen LogP contribution in [0.2, 0.25) is 0 Å². The summed E-state index contributed by atoms with van der Waals surface area (Å²) in [7, 11) is 1.51. The lowest BCUT2D eigenvalue weighted by Gasteiger charge is -2.10. The molecular formula is C12H14O4. The van der Waals surface area contributed by atoms with E-state index in [1.54, 1.807) is 18.2 Å². The van der Waals surface area contributed by atoms with Gasteiger partial charge in [-0.2, -0.15) is 0 Å². The number of rotatable bonds is 6. The largest absolute Gasteiger partial charge is 0.493 e. The fourth-order valence-corrected chi connectivity index (χ4v) is 1.22. The van der Waals surface area contributed by atoms with E-state index < -0.39 is 0 Å². The Morgan fingerprint density at radius 2 is 2.12 bits per heavy atom. The Balaban J connectivity index is 2.84. The summed E-state index contributed by atoms with van der Waals surface area (Å²) in [5, 5.41) is 0. The summed E-state index contributed by atoms with van der Waals surface area (Å²) in [6.07, 6.45) is 1.12. The fraction of sp³-hybridized carbons (Fsp3) is 0.333. The first-order valence-corrected chi connectivity index (χ1v) is 4.94. The number of benzene rings is 1. The van der Waals surface area contributed by atoms with Crippen molar-refractivity contribution in [2.75, 3.05) is 13.7 Å². The van der Waals surface area contributed by atoms with Crippen molar-refractivity contribution in [3.8, 4) is 11.5 Å². The normalized spacial score (nSPS) is 9.62. The summed E-state index contributed by atoms with van der Waals surface area (Å²) >= 11 is 0. The molecular weight excluding hydrogens is 208 g/mol. The highest BCUT2D eigenvalue weighted by Crippen LogP contribution is 2.28. The highest BCUT2D eigenvalue weighted by Gasteiger charge is 2.07. The van der Waals surface area contributed by atoms with Gasteiger partial charge in [-0.3, -0.25) is 4.79 Å². The number of aldehydes is 1. The molecule has 0 aromatic heterocycles. The van der Waals surface area contributed by atoms with E-state index in [1.165, 1.54) is 14.0 Å². The smallest absolute Gasteiger partial charge is 0.161 e. The second-order valence-corrected chi connectivity index (χ2v) is 3.23. The third-order valence-electron chi connectivity index (χ3n) is 2.06. The first-order chi connectivity index (χ1) is 7.69. The van der Waals surface area contributed by atoms with Gasteiger partial charge in [-0.25, -0.2) is 0 Å². The Labute approximate surface area is 94.2 Å². The van der Waals surface area contributed by atoms with E-state index in [9.17, 15) is 9.59 Å². The summed E-state index contributed by atoms with van der Waals surface area (Å²) in [5.74, 6) is 1.01. The van der Waals surface area contributed by atoms with Gasteiger partial charge in [-0.15, -0.1) is 0 Å². The second kappa shape index (κ2) is 5.90. The van der Waals surface area contributed by atoms with Gasteiger partial charge in [0, 0.05) is 12.0 Å². The Morgan fingerprint density at radius 1 is 1.38 bits per heavy atom. The molecule has 0 radical (unpaired) electrons. The van der Waals surface area contributed by atoms with Crippen molar-refractivity contribution in [2.24, 2.45) is 0 Å². The van der Waals surface area contributed by atoms with Crippen molar-refractivity contribution in [3.63, 3.8) is 0 Å².